The summed E-state index contributed by atoms with van der Waals surface area (Å²) in [7, 11) is 0. The predicted molar refractivity (Wildman–Crippen MR) is 78.4 cm³/mol. The molecular weight excluding hydrogens is 260 g/mol. The van der Waals surface area contributed by atoms with E-state index in [1.807, 2.05) is 6.92 Å². The van der Waals surface area contributed by atoms with Gasteiger partial charge in [-0.1, -0.05) is 19.1 Å². The van der Waals surface area contributed by atoms with Crippen molar-refractivity contribution in [1.82, 2.24) is 0 Å². The van der Waals surface area contributed by atoms with Gasteiger partial charge in [0, 0.05) is 17.7 Å². The molecule has 0 atom stereocenters. The lowest BCUT2D eigenvalue weighted by Crippen LogP contribution is -2.12. The van der Waals surface area contributed by atoms with Crippen LogP contribution in [0.1, 0.15) is 28.8 Å². The molecule has 1 aromatic carbocycles. The second-order valence-corrected chi connectivity index (χ2v) is 4.46. The number of carbonyl (C=O) groups excluding carboxylic acids is 1. The molecule has 98 valence electrons. The average molecular weight is 274 g/mol. The monoisotopic (exact) mass is 274 g/mol. The van der Waals surface area contributed by atoms with E-state index >= 15 is 0 Å². The van der Waals surface area contributed by atoms with Gasteiger partial charge in [-0.3, -0.25) is 4.79 Å². The molecule has 1 heterocycles. The minimum atomic E-state index is -0.275. The van der Waals surface area contributed by atoms with Crippen LogP contribution in [0.5, 0.6) is 0 Å². The number of anilines is 1. The molecule has 19 heavy (non-hydrogen) atoms. The molecule has 0 spiro atoms. The number of nitrogens with one attached hydrogen (secondary N) is 1. The topological polar surface area (TPSA) is 68.3 Å². The van der Waals surface area contributed by atoms with Gasteiger partial charge >= 0.3 is 0 Å². The zero-order valence-corrected chi connectivity index (χ0v) is 11.3. The summed E-state index contributed by atoms with van der Waals surface area (Å²) < 4.78 is 5.38. The van der Waals surface area contributed by atoms with Crippen molar-refractivity contribution < 1.29 is 9.21 Å². The van der Waals surface area contributed by atoms with Crippen molar-refractivity contribution in [2.24, 2.45) is 5.73 Å². The highest BCUT2D eigenvalue weighted by Gasteiger charge is 2.10. The van der Waals surface area contributed by atoms with Crippen LogP contribution in [-0.4, -0.2) is 10.9 Å². The Labute approximate surface area is 116 Å². The quantitative estimate of drug-likeness (QED) is 0.841. The van der Waals surface area contributed by atoms with Crippen LogP contribution in [-0.2, 0) is 6.42 Å². The molecule has 2 rings (SSSR count). The van der Waals surface area contributed by atoms with E-state index in [2.05, 4.69) is 5.32 Å². The van der Waals surface area contributed by atoms with Gasteiger partial charge in [-0.2, -0.15) is 0 Å². The first-order valence-corrected chi connectivity index (χ1v) is 6.31. The molecule has 0 fully saturated rings. The summed E-state index contributed by atoms with van der Waals surface area (Å²) >= 11 is 4.86. The van der Waals surface area contributed by atoms with Crippen molar-refractivity contribution in [2.75, 3.05) is 5.32 Å². The van der Waals surface area contributed by atoms with Gasteiger partial charge in [0.25, 0.3) is 5.91 Å². The van der Waals surface area contributed by atoms with E-state index < -0.39 is 0 Å². The first kappa shape index (κ1) is 13.3. The lowest BCUT2D eigenvalue weighted by molar-refractivity contribution is 0.0995. The molecule has 1 amide bonds. The highest BCUT2D eigenvalue weighted by molar-refractivity contribution is 7.80. The SMILES string of the molecule is CCc1ccc(C(=O)Nc2ccc(C(N)=S)cc2)o1. The maximum atomic E-state index is 11.9. The van der Waals surface area contributed by atoms with Crippen molar-refractivity contribution in [3.05, 3.63) is 53.5 Å². The third-order valence-electron chi connectivity index (χ3n) is 2.66. The van der Waals surface area contributed by atoms with Gasteiger partial charge in [0.1, 0.15) is 10.7 Å². The summed E-state index contributed by atoms with van der Waals surface area (Å²) in [6.07, 6.45) is 0.760. The number of furan rings is 1. The number of thiocarbonyl (C=S) groups is 1. The zero-order valence-electron chi connectivity index (χ0n) is 10.5. The molecule has 0 radical (unpaired) electrons. The molecule has 0 saturated heterocycles. The smallest absolute Gasteiger partial charge is 0.291 e. The summed E-state index contributed by atoms with van der Waals surface area (Å²) in [4.78, 5) is 12.2. The molecule has 0 saturated carbocycles. The Kier molecular flexibility index (Phi) is 3.97. The fraction of sp³-hybridized carbons (Fsp3) is 0.143. The normalized spacial score (nSPS) is 10.2. The molecule has 0 aliphatic heterocycles. The molecule has 4 nitrogen and oxygen atoms in total. The standard InChI is InChI=1S/C14H14N2O2S/c1-2-11-7-8-12(18-11)14(17)16-10-5-3-9(4-6-10)13(15)19/h3-8H,2H2,1H3,(H2,15,19)(H,16,17). The van der Waals surface area contributed by atoms with Crippen LogP contribution in [0.3, 0.4) is 0 Å². The predicted octanol–water partition coefficient (Wildman–Crippen LogP) is 2.73. The van der Waals surface area contributed by atoms with Crippen molar-refractivity contribution >= 4 is 28.8 Å². The van der Waals surface area contributed by atoms with Crippen LogP contribution in [0.25, 0.3) is 0 Å². The van der Waals surface area contributed by atoms with Gasteiger partial charge in [0.15, 0.2) is 5.76 Å². The zero-order chi connectivity index (χ0) is 13.8. The van der Waals surface area contributed by atoms with Crippen molar-refractivity contribution in [3.63, 3.8) is 0 Å². The highest BCUT2D eigenvalue weighted by atomic mass is 32.1. The van der Waals surface area contributed by atoms with Crippen LogP contribution in [0.15, 0.2) is 40.8 Å². The summed E-state index contributed by atoms with van der Waals surface area (Å²) in [6.45, 7) is 1.97. The average Bonchev–Trinajstić information content (AvgIpc) is 2.88. The van der Waals surface area contributed by atoms with E-state index in [0.29, 0.717) is 16.4 Å². The molecule has 0 bridgehead atoms. The number of aryl methyl sites for hydroxylation is 1. The Bertz CT molecular complexity index is 602. The Hall–Kier alpha value is -2.14. The fourth-order valence-electron chi connectivity index (χ4n) is 1.60. The molecule has 0 aliphatic rings. The number of amides is 1. The molecule has 1 aromatic heterocycles. The summed E-state index contributed by atoms with van der Waals surface area (Å²) in [5.41, 5.74) is 6.93. The van der Waals surface area contributed by atoms with Crippen LogP contribution in [0.2, 0.25) is 0 Å². The number of nitrogens with two attached hydrogens (primary N) is 1. The number of hydrogen-bond acceptors (Lipinski definition) is 3. The van der Waals surface area contributed by atoms with Gasteiger partial charge in [0.2, 0.25) is 0 Å². The third-order valence-corrected chi connectivity index (χ3v) is 2.90. The fourth-order valence-corrected chi connectivity index (χ4v) is 1.74. The maximum absolute atomic E-state index is 11.9. The lowest BCUT2D eigenvalue weighted by Gasteiger charge is -2.04. The lowest BCUT2D eigenvalue weighted by atomic mass is 10.2. The first-order chi connectivity index (χ1) is 9.10. The number of carbonyl (C=O) groups is 1. The summed E-state index contributed by atoms with van der Waals surface area (Å²) in [6, 6.07) is 10.5. The number of rotatable bonds is 4. The molecule has 2 aromatic rings. The minimum absolute atomic E-state index is 0.275. The van der Waals surface area contributed by atoms with Gasteiger partial charge < -0.3 is 15.5 Å². The van der Waals surface area contributed by atoms with Gasteiger partial charge in [0.05, 0.1) is 0 Å². The van der Waals surface area contributed by atoms with E-state index in [4.69, 9.17) is 22.4 Å². The van der Waals surface area contributed by atoms with E-state index in [0.717, 1.165) is 17.7 Å². The molecular formula is C14H14N2O2S. The Morgan fingerprint density at radius 1 is 1.26 bits per heavy atom. The number of hydrogen-bond donors (Lipinski definition) is 2. The van der Waals surface area contributed by atoms with E-state index in [1.165, 1.54) is 0 Å². The van der Waals surface area contributed by atoms with E-state index in [9.17, 15) is 4.79 Å². The Morgan fingerprint density at radius 2 is 1.95 bits per heavy atom. The van der Waals surface area contributed by atoms with Crippen LogP contribution in [0, 0.1) is 0 Å². The molecule has 3 N–H and O–H groups in total. The Morgan fingerprint density at radius 3 is 2.47 bits per heavy atom. The van der Waals surface area contributed by atoms with Crippen LogP contribution < -0.4 is 11.1 Å². The minimum Gasteiger partial charge on any atom is -0.456 e. The molecule has 0 unspecified atom stereocenters. The van der Waals surface area contributed by atoms with Crippen LogP contribution in [0.4, 0.5) is 5.69 Å². The van der Waals surface area contributed by atoms with Gasteiger partial charge in [-0.25, -0.2) is 0 Å². The second-order valence-electron chi connectivity index (χ2n) is 4.02. The maximum Gasteiger partial charge on any atom is 0.291 e. The molecule has 0 aliphatic carbocycles. The van der Waals surface area contributed by atoms with Gasteiger partial charge in [-0.15, -0.1) is 0 Å². The number of benzene rings is 1. The molecule has 5 heteroatoms. The summed E-state index contributed by atoms with van der Waals surface area (Å²) in [5, 5.41) is 2.74. The largest absolute Gasteiger partial charge is 0.456 e. The summed E-state index contributed by atoms with van der Waals surface area (Å²) in [5.74, 6) is 0.812. The van der Waals surface area contributed by atoms with Crippen molar-refractivity contribution in [1.29, 1.82) is 0 Å². The van der Waals surface area contributed by atoms with Crippen molar-refractivity contribution in [2.45, 2.75) is 13.3 Å². The van der Waals surface area contributed by atoms with E-state index in [1.54, 1.807) is 36.4 Å². The second kappa shape index (κ2) is 5.67. The highest BCUT2D eigenvalue weighted by Crippen LogP contribution is 2.13. The first-order valence-electron chi connectivity index (χ1n) is 5.90. The Balaban J connectivity index is 2.08. The third kappa shape index (κ3) is 3.20. The van der Waals surface area contributed by atoms with Crippen molar-refractivity contribution in [3.8, 4) is 0 Å². The van der Waals surface area contributed by atoms with Gasteiger partial charge in [-0.05, 0) is 36.4 Å². The van der Waals surface area contributed by atoms with E-state index in [-0.39, 0.29) is 5.91 Å². The van der Waals surface area contributed by atoms with Crippen LogP contribution >= 0.6 is 12.2 Å².